The van der Waals surface area contributed by atoms with Gasteiger partial charge in [-0.05, 0) is 54.6 Å². The van der Waals surface area contributed by atoms with Gasteiger partial charge in [0.05, 0.1) is 4.92 Å². The molecule has 1 heterocycles. The van der Waals surface area contributed by atoms with Gasteiger partial charge in [0.25, 0.3) is 11.6 Å². The number of amides is 1. The molecule has 0 saturated heterocycles. The van der Waals surface area contributed by atoms with E-state index < -0.39 is 10.5 Å². The van der Waals surface area contributed by atoms with Crippen molar-refractivity contribution >= 4 is 40.0 Å². The number of rotatable bonds is 6. The second-order valence-corrected chi connectivity index (χ2v) is 7.90. The summed E-state index contributed by atoms with van der Waals surface area (Å²) < 4.78 is 5.27. The first kappa shape index (κ1) is 21.1. The summed E-state index contributed by atoms with van der Waals surface area (Å²) in [5, 5.41) is 23.7. The number of nitro benzene ring substituents is 1. The molecule has 0 aliphatic rings. The molecule has 0 aliphatic carbocycles. The molecular weight excluding hydrogens is 432 g/mol. The van der Waals surface area contributed by atoms with Crippen LogP contribution in [-0.2, 0) is 5.75 Å². The van der Waals surface area contributed by atoms with Crippen LogP contribution in [0.1, 0.15) is 15.9 Å². The number of anilines is 1. The fourth-order valence-corrected chi connectivity index (χ4v) is 3.83. The smallest absolute Gasteiger partial charge is 0.340 e. The molecule has 8 nitrogen and oxygen atoms in total. The lowest BCUT2D eigenvalue weighted by Crippen LogP contribution is -2.11. The van der Waals surface area contributed by atoms with Gasteiger partial charge in [-0.3, -0.25) is 14.9 Å². The van der Waals surface area contributed by atoms with Crippen LogP contribution in [0.15, 0.2) is 86.9 Å². The third kappa shape index (κ3) is 4.79. The molecule has 0 bridgehead atoms. The minimum atomic E-state index is -0.523. The van der Waals surface area contributed by atoms with Gasteiger partial charge in [-0.25, -0.2) is 4.79 Å². The van der Waals surface area contributed by atoms with Crippen LogP contribution in [-0.4, -0.2) is 15.9 Å². The molecule has 0 fully saturated rings. The summed E-state index contributed by atoms with van der Waals surface area (Å²) >= 11 is 1.44. The highest BCUT2D eigenvalue weighted by Crippen LogP contribution is 2.26. The van der Waals surface area contributed by atoms with Crippen LogP contribution in [0, 0.1) is 10.1 Å². The Balaban J connectivity index is 1.39. The lowest BCUT2D eigenvalue weighted by atomic mass is 10.2. The average molecular weight is 448 g/mol. The Morgan fingerprint density at radius 3 is 2.44 bits per heavy atom. The maximum Gasteiger partial charge on any atom is 0.340 e. The van der Waals surface area contributed by atoms with E-state index >= 15 is 0 Å². The van der Waals surface area contributed by atoms with Crippen molar-refractivity contribution < 1.29 is 19.2 Å². The van der Waals surface area contributed by atoms with Crippen molar-refractivity contribution in [2.75, 3.05) is 5.32 Å². The van der Waals surface area contributed by atoms with E-state index in [0.29, 0.717) is 28.2 Å². The lowest BCUT2D eigenvalue weighted by molar-refractivity contribution is -0.384. The summed E-state index contributed by atoms with van der Waals surface area (Å²) in [6.45, 7) is 0. The molecule has 160 valence electrons. The number of nitro groups is 1. The Kier molecular flexibility index (Phi) is 5.91. The molecule has 0 spiro atoms. The van der Waals surface area contributed by atoms with Crippen LogP contribution >= 0.6 is 11.8 Å². The summed E-state index contributed by atoms with van der Waals surface area (Å²) in [6, 6.07) is 18.8. The van der Waals surface area contributed by atoms with Crippen molar-refractivity contribution in [3.05, 3.63) is 104 Å². The first-order valence-electron chi connectivity index (χ1n) is 9.43. The molecule has 1 aromatic heterocycles. The molecule has 0 saturated carbocycles. The van der Waals surface area contributed by atoms with E-state index in [2.05, 4.69) is 5.32 Å². The highest BCUT2D eigenvalue weighted by molar-refractivity contribution is 7.98. The fraction of sp³-hybridized carbons (Fsp3) is 0.0435. The summed E-state index contributed by atoms with van der Waals surface area (Å²) in [5.41, 5.74) is 1.18. The SMILES string of the molecule is O=C(Nc1ccc(SCc2cc3ccc(O)cc3oc2=O)cc1)c1ccc([N+](=O)[O-])cc1. The minimum absolute atomic E-state index is 0.0311. The van der Waals surface area contributed by atoms with Gasteiger partial charge in [0.1, 0.15) is 11.3 Å². The number of phenols is 1. The van der Waals surface area contributed by atoms with Crippen LogP contribution in [0.25, 0.3) is 11.0 Å². The van der Waals surface area contributed by atoms with Crippen molar-refractivity contribution in [3.8, 4) is 5.75 Å². The molecule has 2 N–H and O–H groups in total. The summed E-state index contributed by atoms with van der Waals surface area (Å²) in [7, 11) is 0. The number of phenolic OH excluding ortho intramolecular Hbond substituents is 1. The van der Waals surface area contributed by atoms with Crippen molar-refractivity contribution in [2.45, 2.75) is 10.6 Å². The number of carbonyl (C=O) groups excluding carboxylic acids is 1. The van der Waals surface area contributed by atoms with Crippen LogP contribution in [0.3, 0.4) is 0 Å². The van der Waals surface area contributed by atoms with Crippen LogP contribution < -0.4 is 10.9 Å². The van der Waals surface area contributed by atoms with E-state index in [0.717, 1.165) is 10.3 Å². The van der Waals surface area contributed by atoms with E-state index in [4.69, 9.17) is 4.42 Å². The molecule has 0 aliphatic heterocycles. The molecule has 0 radical (unpaired) electrons. The number of non-ortho nitro benzene ring substituents is 1. The molecular formula is C23H16N2O6S. The van der Waals surface area contributed by atoms with E-state index in [9.17, 15) is 24.8 Å². The summed E-state index contributed by atoms with van der Waals surface area (Å²) in [6.07, 6.45) is 0. The number of hydrogen-bond donors (Lipinski definition) is 2. The van der Waals surface area contributed by atoms with E-state index in [1.807, 2.05) is 12.1 Å². The van der Waals surface area contributed by atoms with Crippen molar-refractivity contribution in [3.63, 3.8) is 0 Å². The van der Waals surface area contributed by atoms with Crippen LogP contribution in [0.5, 0.6) is 5.75 Å². The second kappa shape index (κ2) is 8.94. The van der Waals surface area contributed by atoms with Gasteiger partial charge in [0.2, 0.25) is 0 Å². The van der Waals surface area contributed by atoms with Gasteiger partial charge >= 0.3 is 5.63 Å². The number of fused-ring (bicyclic) bond motifs is 1. The van der Waals surface area contributed by atoms with Crippen LogP contribution in [0.4, 0.5) is 11.4 Å². The van der Waals surface area contributed by atoms with E-state index in [1.165, 1.54) is 48.2 Å². The van der Waals surface area contributed by atoms with Gasteiger partial charge in [0.15, 0.2) is 0 Å². The zero-order chi connectivity index (χ0) is 22.7. The number of nitrogens with zero attached hydrogens (tertiary/aromatic N) is 1. The second-order valence-electron chi connectivity index (χ2n) is 6.85. The van der Waals surface area contributed by atoms with E-state index in [-0.39, 0.29) is 17.3 Å². The van der Waals surface area contributed by atoms with Gasteiger partial charge < -0.3 is 14.8 Å². The van der Waals surface area contributed by atoms with Crippen molar-refractivity contribution in [1.82, 2.24) is 0 Å². The average Bonchev–Trinajstić information content (AvgIpc) is 2.78. The van der Waals surface area contributed by atoms with Crippen LogP contribution in [0.2, 0.25) is 0 Å². The maximum absolute atomic E-state index is 12.3. The number of nitrogens with one attached hydrogen (secondary N) is 1. The Labute approximate surface area is 185 Å². The van der Waals surface area contributed by atoms with Crippen molar-refractivity contribution in [1.29, 1.82) is 0 Å². The zero-order valence-corrected chi connectivity index (χ0v) is 17.3. The first-order valence-corrected chi connectivity index (χ1v) is 10.4. The van der Waals surface area contributed by atoms with Crippen molar-refractivity contribution in [2.24, 2.45) is 0 Å². The Morgan fingerprint density at radius 1 is 1.03 bits per heavy atom. The summed E-state index contributed by atoms with van der Waals surface area (Å²) in [5.74, 6) is 0.0526. The third-order valence-corrected chi connectivity index (χ3v) is 5.70. The monoisotopic (exact) mass is 448 g/mol. The Bertz CT molecular complexity index is 1360. The number of thioether (sulfide) groups is 1. The highest BCUT2D eigenvalue weighted by atomic mass is 32.2. The van der Waals surface area contributed by atoms with Gasteiger partial charge in [-0.2, -0.15) is 0 Å². The number of hydrogen-bond acceptors (Lipinski definition) is 7. The largest absolute Gasteiger partial charge is 0.508 e. The zero-order valence-electron chi connectivity index (χ0n) is 16.5. The number of benzene rings is 3. The highest BCUT2D eigenvalue weighted by Gasteiger charge is 2.10. The molecule has 9 heteroatoms. The molecule has 3 aromatic carbocycles. The fourth-order valence-electron chi connectivity index (χ4n) is 2.98. The quantitative estimate of drug-likeness (QED) is 0.185. The Morgan fingerprint density at radius 2 is 1.75 bits per heavy atom. The van der Waals surface area contributed by atoms with E-state index in [1.54, 1.807) is 24.3 Å². The molecule has 0 atom stereocenters. The first-order chi connectivity index (χ1) is 15.4. The van der Waals surface area contributed by atoms with Gasteiger partial charge in [0, 0.05) is 51.0 Å². The number of aromatic hydroxyl groups is 1. The van der Waals surface area contributed by atoms with Gasteiger partial charge in [-0.15, -0.1) is 11.8 Å². The topological polar surface area (TPSA) is 123 Å². The third-order valence-electron chi connectivity index (χ3n) is 4.64. The molecule has 1 amide bonds. The molecule has 4 rings (SSSR count). The molecule has 4 aromatic rings. The minimum Gasteiger partial charge on any atom is -0.508 e. The molecule has 0 unspecified atom stereocenters. The lowest BCUT2D eigenvalue weighted by Gasteiger charge is -2.07. The Hall–Kier alpha value is -4.11. The predicted molar refractivity (Wildman–Crippen MR) is 121 cm³/mol. The predicted octanol–water partition coefficient (Wildman–Crippen LogP) is 4.95. The number of carbonyl (C=O) groups is 1. The maximum atomic E-state index is 12.3. The van der Waals surface area contributed by atoms with Gasteiger partial charge in [-0.1, -0.05) is 0 Å². The summed E-state index contributed by atoms with van der Waals surface area (Å²) in [4.78, 5) is 35.6. The standard InChI is InChI=1S/C23H16N2O6S/c26-19-8-3-15-11-16(23(28)31-21(15)12-19)13-32-20-9-4-17(5-10-20)24-22(27)14-1-6-18(7-2-14)25(29)30/h1-12,26H,13H2,(H,24,27). The molecule has 32 heavy (non-hydrogen) atoms. The normalized spacial score (nSPS) is 10.8.